The molecule has 0 saturated heterocycles. The van der Waals surface area contributed by atoms with Gasteiger partial charge >= 0.3 is 12.2 Å². The standard InChI is InChI=1S/C31H43N3O5S.C24H37N3O3.H2O/c1-24-13-15-26(16-14-24)40(37,38)34(23-31(19-10-20-32)17-8-9-18-31)22-28(35)27(21-25-11-6-5-7-12-25)33-29(36)39-30(2,3)4;1-23(2,3)30-22(29)27-20(16-19-10-5-4-6-11-19)21(28)17-26-18-24(14-9-15-25)12-7-8-13-24;/h5-7,11-16,27-28,35H,8-10,17-19,21-23H2,1-4H3,(H,33,36);4-6,10-11,20-21,26,28H,7-9,12-14,16-18H2,1-3H3,(H,27,29);1H2/t27-,28?;20-,21?;/m00./s1. The van der Waals surface area contributed by atoms with Crippen LogP contribution in [0.4, 0.5) is 9.59 Å². The van der Waals surface area contributed by atoms with Crippen molar-refractivity contribution in [2.45, 2.75) is 179 Å². The molecule has 3 aromatic carbocycles. The summed E-state index contributed by atoms with van der Waals surface area (Å²) in [6.45, 7) is 13.8. The number of carbonyl (C=O) groups excluding carboxylic acids is 2. The third-order valence-electron chi connectivity index (χ3n) is 13.2. The molecule has 16 heteroatoms. The van der Waals surface area contributed by atoms with E-state index in [9.17, 15) is 33.5 Å². The van der Waals surface area contributed by atoms with Crippen LogP contribution in [0.25, 0.3) is 0 Å². The van der Waals surface area contributed by atoms with Gasteiger partial charge < -0.3 is 41.1 Å². The largest absolute Gasteiger partial charge is 0.444 e. The van der Waals surface area contributed by atoms with Gasteiger partial charge in [0.1, 0.15) is 11.2 Å². The van der Waals surface area contributed by atoms with Gasteiger partial charge in [-0.2, -0.15) is 14.8 Å². The molecule has 71 heavy (non-hydrogen) atoms. The van der Waals surface area contributed by atoms with Crippen LogP contribution in [0.5, 0.6) is 0 Å². The lowest BCUT2D eigenvalue weighted by Gasteiger charge is -2.37. The fourth-order valence-electron chi connectivity index (χ4n) is 9.56. The summed E-state index contributed by atoms with van der Waals surface area (Å²) in [4.78, 5) is 25.2. The Kier molecular flexibility index (Phi) is 24.0. The summed E-state index contributed by atoms with van der Waals surface area (Å²) in [7, 11) is -3.98. The van der Waals surface area contributed by atoms with Gasteiger partial charge in [0.05, 0.1) is 41.3 Å². The molecule has 2 saturated carbocycles. The van der Waals surface area contributed by atoms with Crippen molar-refractivity contribution in [1.29, 1.82) is 10.5 Å². The number of benzene rings is 3. The number of aryl methyl sites for hydroxylation is 1. The number of aliphatic hydroxyl groups is 2. The maximum absolute atomic E-state index is 14.0. The van der Waals surface area contributed by atoms with E-state index in [1.807, 2.05) is 88.4 Å². The lowest BCUT2D eigenvalue weighted by Crippen LogP contribution is -2.52. The van der Waals surface area contributed by atoms with E-state index in [1.165, 1.54) is 17.1 Å². The number of nitriles is 2. The Balaban J connectivity index is 0.000000385. The summed E-state index contributed by atoms with van der Waals surface area (Å²) in [5, 5.41) is 49.7. The number of nitrogens with zero attached hydrogens (tertiary/aromatic N) is 3. The third-order valence-corrected chi connectivity index (χ3v) is 15.0. The summed E-state index contributed by atoms with van der Waals surface area (Å²) < 4.78 is 40.2. The molecule has 2 aliphatic rings. The zero-order valence-electron chi connectivity index (χ0n) is 43.2. The van der Waals surface area contributed by atoms with E-state index in [1.54, 1.807) is 45.0 Å². The zero-order valence-corrected chi connectivity index (χ0v) is 44.0. The van der Waals surface area contributed by atoms with Crippen LogP contribution in [0.15, 0.2) is 89.8 Å². The first kappa shape index (κ1) is 60.2. The minimum absolute atomic E-state index is 0. The van der Waals surface area contributed by atoms with Crippen LogP contribution in [0.3, 0.4) is 0 Å². The Hall–Kier alpha value is -5.07. The minimum Gasteiger partial charge on any atom is -0.444 e. The van der Waals surface area contributed by atoms with Crippen molar-refractivity contribution in [1.82, 2.24) is 20.3 Å². The van der Waals surface area contributed by atoms with Crippen LogP contribution >= 0.6 is 0 Å². The fraction of sp³-hybridized carbons (Fsp3) is 0.600. The molecule has 0 aromatic heterocycles. The summed E-state index contributed by atoms with van der Waals surface area (Å²) in [5.41, 5.74) is 1.36. The fourth-order valence-corrected chi connectivity index (χ4v) is 11.1. The second kappa shape index (κ2) is 28.2. The normalized spacial score (nSPS) is 16.9. The number of alkyl carbamates (subject to hydrolysis) is 2. The zero-order chi connectivity index (χ0) is 51.4. The quantitative estimate of drug-likeness (QED) is 0.0639. The van der Waals surface area contributed by atoms with Gasteiger partial charge in [0.2, 0.25) is 10.0 Å². The van der Waals surface area contributed by atoms with Gasteiger partial charge in [-0.25, -0.2) is 18.0 Å². The van der Waals surface area contributed by atoms with Crippen molar-refractivity contribution < 1.29 is 43.2 Å². The topological polar surface area (TPSA) is 246 Å². The first-order chi connectivity index (χ1) is 33.1. The van der Waals surface area contributed by atoms with Gasteiger partial charge in [0, 0.05) is 39.0 Å². The highest BCUT2D eigenvalue weighted by Gasteiger charge is 2.41. The number of ether oxygens (including phenoxy) is 2. The number of hydrogen-bond acceptors (Lipinski definition) is 11. The van der Waals surface area contributed by atoms with E-state index in [0.717, 1.165) is 68.2 Å². The average Bonchev–Trinajstić information content (AvgIpc) is 3.97. The number of nitrogens with one attached hydrogen (secondary N) is 3. The molecule has 2 aliphatic carbocycles. The summed E-state index contributed by atoms with van der Waals surface area (Å²) >= 11 is 0. The molecule has 3 aromatic rings. The number of aliphatic hydroxyl groups excluding tert-OH is 2. The molecular formula is C55H82N6O9S. The average molecular weight is 1000 g/mol. The molecule has 7 N–H and O–H groups in total. The van der Waals surface area contributed by atoms with Crippen LogP contribution in [-0.2, 0) is 32.3 Å². The van der Waals surface area contributed by atoms with Crippen molar-refractivity contribution in [3.8, 4) is 12.1 Å². The van der Waals surface area contributed by atoms with Crippen molar-refractivity contribution >= 4 is 22.2 Å². The van der Waals surface area contributed by atoms with Gasteiger partial charge in [-0.05, 0) is 134 Å². The van der Waals surface area contributed by atoms with E-state index >= 15 is 0 Å². The van der Waals surface area contributed by atoms with E-state index in [2.05, 4.69) is 28.1 Å². The molecule has 15 nitrogen and oxygen atoms in total. The predicted octanol–water partition coefficient (Wildman–Crippen LogP) is 8.46. The second-order valence-corrected chi connectivity index (χ2v) is 23.4. The Bertz CT molecular complexity index is 2240. The lowest BCUT2D eigenvalue weighted by atomic mass is 9.81. The Morgan fingerprint density at radius 2 is 1.11 bits per heavy atom. The summed E-state index contributed by atoms with van der Waals surface area (Å²) in [6.07, 6.45) is 8.30. The van der Waals surface area contributed by atoms with Gasteiger partial charge in [-0.3, -0.25) is 0 Å². The second-order valence-electron chi connectivity index (χ2n) is 21.5. The van der Waals surface area contributed by atoms with Crippen LogP contribution < -0.4 is 16.0 Å². The molecule has 2 fully saturated rings. The highest BCUT2D eigenvalue weighted by molar-refractivity contribution is 7.89. The summed E-state index contributed by atoms with van der Waals surface area (Å²) in [5.74, 6) is 0. The van der Waals surface area contributed by atoms with Crippen molar-refractivity contribution in [2.75, 3.05) is 26.2 Å². The smallest absolute Gasteiger partial charge is 0.407 e. The number of amides is 2. The van der Waals surface area contributed by atoms with Crippen molar-refractivity contribution in [3.63, 3.8) is 0 Å². The molecule has 0 bridgehead atoms. The third kappa shape index (κ3) is 20.9. The van der Waals surface area contributed by atoms with E-state index in [-0.39, 0.29) is 34.3 Å². The van der Waals surface area contributed by atoms with E-state index in [4.69, 9.17) is 14.7 Å². The molecule has 4 atom stereocenters. The van der Waals surface area contributed by atoms with E-state index < -0.39 is 57.7 Å². The SMILES string of the molecule is CC(C)(C)OC(=O)N[C@@H](Cc1ccccc1)C(O)CNCC1(CCC#N)CCCC1.Cc1ccc(S(=O)(=O)N(CC(O)[C@H](Cc2ccccc2)NC(=O)OC(C)(C)C)CC2(CCC#N)CCCC2)cc1.O. The van der Waals surface area contributed by atoms with Gasteiger partial charge in [0.25, 0.3) is 0 Å². The molecular weight excluding hydrogens is 921 g/mol. The maximum atomic E-state index is 14.0. The molecule has 0 heterocycles. The van der Waals surface area contributed by atoms with Crippen LogP contribution in [0, 0.1) is 40.4 Å². The van der Waals surface area contributed by atoms with Crippen LogP contribution in [0.2, 0.25) is 0 Å². The van der Waals surface area contributed by atoms with E-state index in [0.29, 0.717) is 38.6 Å². The number of rotatable bonds is 22. The molecule has 2 unspecified atom stereocenters. The highest BCUT2D eigenvalue weighted by Crippen LogP contribution is 2.44. The minimum atomic E-state index is -3.98. The van der Waals surface area contributed by atoms with Gasteiger partial charge in [-0.1, -0.05) is 104 Å². The van der Waals surface area contributed by atoms with Crippen LogP contribution in [0.1, 0.15) is 135 Å². The summed E-state index contributed by atoms with van der Waals surface area (Å²) in [6, 6.07) is 29.1. The predicted molar refractivity (Wildman–Crippen MR) is 277 cm³/mol. The van der Waals surface area contributed by atoms with Crippen molar-refractivity contribution in [2.24, 2.45) is 10.8 Å². The monoisotopic (exact) mass is 1000 g/mol. The number of hydrogen-bond donors (Lipinski definition) is 5. The molecule has 5 rings (SSSR count). The number of sulfonamides is 1. The molecule has 0 radical (unpaired) electrons. The van der Waals surface area contributed by atoms with Crippen LogP contribution in [-0.4, -0.2) is 102 Å². The first-order valence-electron chi connectivity index (χ1n) is 25.0. The Morgan fingerprint density at radius 3 is 1.55 bits per heavy atom. The van der Waals surface area contributed by atoms with Gasteiger partial charge in [0.15, 0.2) is 0 Å². The number of carbonyl (C=O) groups is 2. The van der Waals surface area contributed by atoms with Gasteiger partial charge in [-0.15, -0.1) is 0 Å². The first-order valence-corrected chi connectivity index (χ1v) is 26.5. The molecule has 0 aliphatic heterocycles. The maximum Gasteiger partial charge on any atom is 0.407 e. The Morgan fingerprint density at radius 1 is 0.690 bits per heavy atom. The van der Waals surface area contributed by atoms with Crippen molar-refractivity contribution in [3.05, 3.63) is 102 Å². The highest BCUT2D eigenvalue weighted by atomic mass is 32.2. The molecule has 392 valence electrons. The molecule has 2 amide bonds. The lowest BCUT2D eigenvalue weighted by molar-refractivity contribution is 0.0386. The Labute approximate surface area is 424 Å². The molecule has 0 spiro atoms.